The van der Waals surface area contributed by atoms with E-state index in [0.29, 0.717) is 18.1 Å². The van der Waals surface area contributed by atoms with E-state index in [1.165, 1.54) is 0 Å². The van der Waals surface area contributed by atoms with Crippen LogP contribution in [-0.4, -0.2) is 29.1 Å². The summed E-state index contributed by atoms with van der Waals surface area (Å²) in [5.41, 5.74) is 4.61. The molecule has 140 valence electrons. The van der Waals surface area contributed by atoms with Crippen molar-refractivity contribution in [1.29, 1.82) is 0 Å². The van der Waals surface area contributed by atoms with Gasteiger partial charge in [-0.3, -0.25) is 0 Å². The predicted octanol–water partition coefficient (Wildman–Crippen LogP) is 5.13. The van der Waals surface area contributed by atoms with E-state index in [2.05, 4.69) is 26.0 Å². The number of rotatable bonds is 4. The first kappa shape index (κ1) is 20.0. The fourth-order valence-corrected chi connectivity index (χ4v) is 2.85. The van der Waals surface area contributed by atoms with Crippen LogP contribution in [-0.2, 0) is 4.74 Å². The summed E-state index contributed by atoms with van der Waals surface area (Å²) in [4.78, 5) is 12.5. The molecular formula is C22H29NO3. The standard InChI is InChI=1S/C22H29NO3/c1-8-26-21(24)19-12-17(13-23(25)22(5,6)7)18-11-16(14(2)3)10-9-15(4)20(18)19/h9-14H,8H2,1-7H3/b23-13-. The van der Waals surface area contributed by atoms with Crippen LogP contribution in [0.4, 0.5) is 0 Å². The summed E-state index contributed by atoms with van der Waals surface area (Å²) in [7, 11) is 0. The van der Waals surface area contributed by atoms with Crippen molar-refractivity contribution in [3.63, 3.8) is 0 Å². The minimum Gasteiger partial charge on any atom is -0.623 e. The first-order chi connectivity index (χ1) is 12.1. The second-order valence-electron chi connectivity index (χ2n) is 7.96. The van der Waals surface area contributed by atoms with Crippen molar-refractivity contribution in [2.75, 3.05) is 6.61 Å². The molecule has 0 heterocycles. The smallest absolute Gasteiger partial charge is 0.338 e. The lowest BCUT2D eigenvalue weighted by Crippen LogP contribution is -2.29. The van der Waals surface area contributed by atoms with Crippen LogP contribution in [0, 0.1) is 12.1 Å². The Morgan fingerprint density at radius 1 is 1.27 bits per heavy atom. The molecule has 2 aliphatic carbocycles. The lowest BCUT2D eigenvalue weighted by atomic mass is 10.0. The molecule has 0 fully saturated rings. The molecule has 0 aromatic rings. The molecule has 0 saturated carbocycles. The van der Waals surface area contributed by atoms with Crippen LogP contribution in [0.15, 0.2) is 24.3 Å². The molecule has 0 aromatic carbocycles. The summed E-state index contributed by atoms with van der Waals surface area (Å²) < 4.78 is 6.18. The van der Waals surface area contributed by atoms with Crippen LogP contribution in [0.1, 0.15) is 74.5 Å². The third kappa shape index (κ3) is 4.06. The number of carbonyl (C=O) groups excluding carboxylic acids is 1. The van der Waals surface area contributed by atoms with Crippen molar-refractivity contribution in [3.05, 3.63) is 51.7 Å². The first-order valence-electron chi connectivity index (χ1n) is 9.12. The van der Waals surface area contributed by atoms with Gasteiger partial charge in [0.1, 0.15) is 0 Å². The Bertz CT molecular complexity index is 813. The Labute approximate surface area is 156 Å². The molecule has 4 nitrogen and oxygen atoms in total. The second-order valence-corrected chi connectivity index (χ2v) is 7.96. The van der Waals surface area contributed by atoms with E-state index in [1.807, 2.05) is 33.8 Å². The van der Waals surface area contributed by atoms with Gasteiger partial charge in [-0.1, -0.05) is 32.0 Å². The Morgan fingerprint density at radius 2 is 1.92 bits per heavy atom. The molecule has 0 atom stereocenters. The molecule has 0 spiro atoms. The number of hydrogen-bond donors (Lipinski definition) is 0. The molecular weight excluding hydrogens is 326 g/mol. The Hall–Kier alpha value is -2.36. The van der Waals surface area contributed by atoms with Crippen molar-refractivity contribution in [1.82, 2.24) is 0 Å². The predicted molar refractivity (Wildman–Crippen MR) is 106 cm³/mol. The highest BCUT2D eigenvalue weighted by Crippen LogP contribution is 2.36. The quantitative estimate of drug-likeness (QED) is 0.251. The third-order valence-corrected chi connectivity index (χ3v) is 4.46. The third-order valence-electron chi connectivity index (χ3n) is 4.46. The molecule has 0 unspecified atom stereocenters. The first-order valence-corrected chi connectivity index (χ1v) is 9.12. The van der Waals surface area contributed by atoms with E-state index in [-0.39, 0.29) is 5.97 Å². The molecule has 0 N–H and O–H groups in total. The van der Waals surface area contributed by atoms with Gasteiger partial charge < -0.3 is 9.94 Å². The zero-order valence-electron chi connectivity index (χ0n) is 16.8. The Morgan fingerprint density at radius 3 is 2.46 bits per heavy atom. The Balaban J connectivity index is 2.79. The van der Waals surface area contributed by atoms with Crippen LogP contribution >= 0.6 is 0 Å². The molecule has 0 amide bonds. The maximum Gasteiger partial charge on any atom is 0.338 e. The minimum atomic E-state index is -0.555. The lowest BCUT2D eigenvalue weighted by Gasteiger charge is -2.18. The molecule has 0 bridgehead atoms. The molecule has 4 heteroatoms. The van der Waals surface area contributed by atoms with E-state index in [9.17, 15) is 10.0 Å². The highest BCUT2D eigenvalue weighted by molar-refractivity contribution is 6.05. The largest absolute Gasteiger partial charge is 0.623 e. The summed E-state index contributed by atoms with van der Waals surface area (Å²) in [6.45, 7) is 13.9. The van der Waals surface area contributed by atoms with Crippen molar-refractivity contribution >= 4 is 12.2 Å². The maximum atomic E-state index is 12.5. The number of nitrogens with zero attached hydrogens (tertiary/aromatic N) is 1. The van der Waals surface area contributed by atoms with Gasteiger partial charge in [0.2, 0.25) is 0 Å². The summed E-state index contributed by atoms with van der Waals surface area (Å²) in [5, 5.41) is 12.5. The van der Waals surface area contributed by atoms with Crippen LogP contribution in [0.2, 0.25) is 0 Å². The number of carbonyl (C=O) groups is 1. The van der Waals surface area contributed by atoms with Crippen LogP contribution in [0.25, 0.3) is 11.1 Å². The van der Waals surface area contributed by atoms with Gasteiger partial charge in [0.25, 0.3) is 0 Å². The number of hydroxylamine groups is 1. The highest BCUT2D eigenvalue weighted by atomic mass is 16.5. The van der Waals surface area contributed by atoms with Gasteiger partial charge in [0.15, 0.2) is 11.8 Å². The average molecular weight is 355 g/mol. The van der Waals surface area contributed by atoms with Crippen molar-refractivity contribution in [3.8, 4) is 11.1 Å². The second kappa shape index (κ2) is 7.48. The number of esters is 1. The van der Waals surface area contributed by atoms with E-state index >= 15 is 0 Å². The number of aryl methyl sites for hydroxylation is 1. The van der Waals surface area contributed by atoms with Gasteiger partial charge in [-0.25, -0.2) is 9.53 Å². The SMILES string of the molecule is CCOC(=O)c1cc(/C=[N+](\[O-])C(C)(C)C)c2cc(C(C)C)ccc(C)c1-2. The summed E-state index contributed by atoms with van der Waals surface area (Å²) >= 11 is 0. The van der Waals surface area contributed by atoms with E-state index in [0.717, 1.165) is 32.6 Å². The molecule has 0 saturated heterocycles. The monoisotopic (exact) mass is 355 g/mol. The van der Waals surface area contributed by atoms with Crippen molar-refractivity contribution in [2.24, 2.45) is 0 Å². The summed E-state index contributed by atoms with van der Waals surface area (Å²) in [6.07, 6.45) is 1.58. The minimum absolute atomic E-state index is 0.315. The normalized spacial score (nSPS) is 12.7. The van der Waals surface area contributed by atoms with Gasteiger partial charge in [0, 0.05) is 26.3 Å². The fourth-order valence-electron chi connectivity index (χ4n) is 2.85. The zero-order chi connectivity index (χ0) is 19.6. The number of ether oxygens (including phenoxy) is 1. The lowest BCUT2D eigenvalue weighted by molar-refractivity contribution is -0.530. The summed E-state index contributed by atoms with van der Waals surface area (Å²) in [6, 6.07) is 7.97. The topological polar surface area (TPSA) is 52.4 Å². The van der Waals surface area contributed by atoms with Crippen LogP contribution in [0.5, 0.6) is 0 Å². The number of fused-ring (bicyclic) bond motifs is 1. The fraction of sp³-hybridized carbons (Fsp3) is 0.455. The van der Waals surface area contributed by atoms with E-state index < -0.39 is 5.54 Å². The van der Waals surface area contributed by atoms with E-state index in [4.69, 9.17) is 4.74 Å². The van der Waals surface area contributed by atoms with Gasteiger partial charge in [-0.2, -0.15) is 0 Å². The van der Waals surface area contributed by atoms with Crippen molar-refractivity contribution < 1.29 is 14.3 Å². The molecule has 0 radical (unpaired) electrons. The average Bonchev–Trinajstić information content (AvgIpc) is 2.78. The van der Waals surface area contributed by atoms with Gasteiger partial charge >= 0.3 is 5.97 Å². The molecule has 26 heavy (non-hydrogen) atoms. The van der Waals surface area contributed by atoms with Gasteiger partial charge in [0.05, 0.1) is 12.2 Å². The summed E-state index contributed by atoms with van der Waals surface area (Å²) in [5.74, 6) is -0.0180. The van der Waals surface area contributed by atoms with Crippen LogP contribution < -0.4 is 0 Å². The molecule has 0 aromatic heterocycles. The molecule has 2 rings (SSSR count). The zero-order valence-corrected chi connectivity index (χ0v) is 16.8. The van der Waals surface area contributed by atoms with Gasteiger partial charge in [-0.15, -0.1) is 0 Å². The molecule has 0 aliphatic heterocycles. The number of hydrogen-bond acceptors (Lipinski definition) is 3. The van der Waals surface area contributed by atoms with Crippen molar-refractivity contribution in [2.45, 2.75) is 59.9 Å². The van der Waals surface area contributed by atoms with E-state index in [1.54, 1.807) is 19.2 Å². The Kier molecular flexibility index (Phi) is 5.74. The maximum absolute atomic E-state index is 12.5. The van der Waals surface area contributed by atoms with Gasteiger partial charge in [-0.05, 0) is 48.1 Å². The van der Waals surface area contributed by atoms with Crippen LogP contribution in [0.3, 0.4) is 0 Å². The molecule has 2 aliphatic rings. The highest BCUT2D eigenvalue weighted by Gasteiger charge is 2.26.